The molecule has 0 fully saturated rings. The second-order valence-corrected chi connectivity index (χ2v) is 8.63. The van der Waals surface area contributed by atoms with Crippen LogP contribution < -0.4 is 9.47 Å². The van der Waals surface area contributed by atoms with Gasteiger partial charge in [-0.05, 0) is 75.4 Å². The summed E-state index contributed by atoms with van der Waals surface area (Å²) in [4.78, 5) is 0. The van der Waals surface area contributed by atoms with E-state index in [1.807, 2.05) is 12.1 Å². The Bertz CT molecular complexity index is 1020. The number of hydrogen-bond acceptors (Lipinski definition) is 4. The van der Waals surface area contributed by atoms with Gasteiger partial charge in [0.1, 0.15) is 11.5 Å². The van der Waals surface area contributed by atoms with Crippen molar-refractivity contribution < 1.29 is 32.1 Å². The van der Waals surface area contributed by atoms with Gasteiger partial charge in [0.05, 0.1) is 5.56 Å². The van der Waals surface area contributed by atoms with Gasteiger partial charge < -0.3 is 18.9 Å². The third kappa shape index (κ3) is 9.91. The van der Waals surface area contributed by atoms with Crippen LogP contribution in [0.1, 0.15) is 55.9 Å². The lowest BCUT2D eigenvalue weighted by molar-refractivity contribution is -0.137. The fourth-order valence-corrected chi connectivity index (χ4v) is 3.38. The van der Waals surface area contributed by atoms with E-state index in [1.165, 1.54) is 23.3 Å². The highest BCUT2D eigenvalue weighted by Gasteiger charge is 2.29. The minimum atomic E-state index is -4.36. The van der Waals surface area contributed by atoms with Crippen molar-refractivity contribution in [2.75, 3.05) is 27.8 Å². The quantitative estimate of drug-likeness (QED) is 0.157. The third-order valence-electron chi connectivity index (χ3n) is 5.31. The van der Waals surface area contributed by atoms with Crippen LogP contribution in [-0.2, 0) is 22.1 Å². The van der Waals surface area contributed by atoms with Crippen LogP contribution in [0.3, 0.4) is 0 Å². The van der Waals surface area contributed by atoms with E-state index in [9.17, 15) is 13.2 Å². The molecule has 0 saturated carbocycles. The lowest BCUT2D eigenvalue weighted by Gasteiger charge is -2.16. The van der Waals surface area contributed by atoms with Gasteiger partial charge in [-0.15, -0.1) is 0 Å². The molecule has 0 aliphatic heterocycles. The molecule has 0 atom stereocenters. The first kappa shape index (κ1) is 29.2. The van der Waals surface area contributed by atoms with E-state index >= 15 is 0 Å². The van der Waals surface area contributed by atoms with Crippen LogP contribution in [0.25, 0.3) is 12.2 Å². The molecular formula is C29H35F3O4. The predicted octanol–water partition coefficient (Wildman–Crippen LogP) is 8.08. The maximum Gasteiger partial charge on any atom is 0.416 e. The minimum absolute atomic E-state index is 0.0616. The topological polar surface area (TPSA) is 36.9 Å². The Labute approximate surface area is 212 Å². The van der Waals surface area contributed by atoms with Gasteiger partial charge >= 0.3 is 6.18 Å². The van der Waals surface area contributed by atoms with Gasteiger partial charge in [-0.2, -0.15) is 13.2 Å². The number of benzene rings is 2. The Hall–Kier alpha value is -3.03. The van der Waals surface area contributed by atoms with E-state index < -0.39 is 11.7 Å². The summed E-state index contributed by atoms with van der Waals surface area (Å²) in [6.45, 7) is 6.40. The van der Waals surface area contributed by atoms with Crippen molar-refractivity contribution in [3.63, 3.8) is 0 Å². The van der Waals surface area contributed by atoms with E-state index in [-0.39, 0.29) is 13.6 Å². The molecule has 0 heterocycles. The summed E-state index contributed by atoms with van der Waals surface area (Å²) in [5.74, 6) is 1.21. The second kappa shape index (κ2) is 14.5. The highest BCUT2D eigenvalue weighted by molar-refractivity contribution is 5.72. The standard InChI is InChI=1S/C29H35F3O4/c1-21(2)7-6-8-22(3)9-16-26-27(35-19-33-4)17-24(18-28(26)36-20-34-5)11-10-23-12-14-25(15-13-23)29(30,31)32/h7,9-15,17-18H,6,8,16,19-20H2,1-5H3/b11-10+,22-9+. The van der Waals surface area contributed by atoms with Gasteiger partial charge in [0.25, 0.3) is 0 Å². The third-order valence-corrected chi connectivity index (χ3v) is 5.31. The summed E-state index contributed by atoms with van der Waals surface area (Å²) in [6.07, 6.45) is 6.09. The zero-order valence-corrected chi connectivity index (χ0v) is 21.6. The van der Waals surface area contributed by atoms with Crippen molar-refractivity contribution in [2.24, 2.45) is 0 Å². The van der Waals surface area contributed by atoms with Crippen LogP contribution >= 0.6 is 0 Å². The molecule has 0 radical (unpaired) electrons. The molecule has 196 valence electrons. The molecule has 0 spiro atoms. The molecule has 0 unspecified atom stereocenters. The van der Waals surface area contributed by atoms with Gasteiger partial charge in [-0.25, -0.2) is 0 Å². The highest BCUT2D eigenvalue weighted by atomic mass is 19.4. The zero-order valence-electron chi connectivity index (χ0n) is 21.6. The summed E-state index contributed by atoms with van der Waals surface area (Å²) in [5.41, 5.74) is 4.14. The molecule has 4 nitrogen and oxygen atoms in total. The van der Waals surface area contributed by atoms with Gasteiger partial charge in [0.2, 0.25) is 0 Å². The number of hydrogen-bond donors (Lipinski definition) is 0. The molecule has 0 N–H and O–H groups in total. The second-order valence-electron chi connectivity index (χ2n) is 8.63. The first-order chi connectivity index (χ1) is 17.1. The van der Waals surface area contributed by atoms with E-state index in [0.717, 1.165) is 36.1 Å². The SMILES string of the molecule is COCOc1cc(/C=C/c2ccc(C(F)(F)F)cc2)cc(OCOC)c1C/C=C(\C)CCC=C(C)C. The molecule has 0 aliphatic carbocycles. The smallest absolute Gasteiger partial charge is 0.416 e. The van der Waals surface area contributed by atoms with Gasteiger partial charge in [-0.1, -0.05) is 47.6 Å². The van der Waals surface area contributed by atoms with Crippen molar-refractivity contribution in [1.82, 2.24) is 0 Å². The van der Waals surface area contributed by atoms with Crippen molar-refractivity contribution >= 4 is 12.2 Å². The van der Waals surface area contributed by atoms with E-state index in [0.29, 0.717) is 23.5 Å². The number of allylic oxidation sites excluding steroid dienone is 4. The van der Waals surface area contributed by atoms with Gasteiger partial charge in [-0.3, -0.25) is 0 Å². The first-order valence-electron chi connectivity index (χ1n) is 11.7. The molecule has 0 aromatic heterocycles. The molecule has 2 aromatic carbocycles. The molecule has 0 saturated heterocycles. The molecule has 36 heavy (non-hydrogen) atoms. The zero-order chi connectivity index (χ0) is 26.6. The Morgan fingerprint density at radius 3 is 1.86 bits per heavy atom. The number of alkyl halides is 3. The normalized spacial score (nSPS) is 12.2. The van der Waals surface area contributed by atoms with Crippen LogP contribution in [0.4, 0.5) is 13.2 Å². The lowest BCUT2D eigenvalue weighted by Crippen LogP contribution is -2.06. The molecule has 0 bridgehead atoms. The molecule has 2 rings (SSSR count). The van der Waals surface area contributed by atoms with E-state index in [2.05, 4.69) is 32.9 Å². The summed E-state index contributed by atoms with van der Waals surface area (Å²) in [7, 11) is 3.09. The fraction of sp³-hybridized carbons (Fsp3) is 0.379. The molecule has 0 amide bonds. The largest absolute Gasteiger partial charge is 0.467 e. The highest BCUT2D eigenvalue weighted by Crippen LogP contribution is 2.34. The first-order valence-corrected chi connectivity index (χ1v) is 11.7. The van der Waals surface area contributed by atoms with Crippen molar-refractivity contribution in [1.29, 1.82) is 0 Å². The van der Waals surface area contributed by atoms with Gasteiger partial charge in [0.15, 0.2) is 13.6 Å². The monoisotopic (exact) mass is 504 g/mol. The number of rotatable bonds is 13. The Balaban J connectivity index is 2.35. The molecule has 2 aromatic rings. The van der Waals surface area contributed by atoms with E-state index in [1.54, 1.807) is 26.4 Å². The van der Waals surface area contributed by atoms with Crippen LogP contribution in [0.15, 0.2) is 59.7 Å². The number of ether oxygens (including phenoxy) is 4. The summed E-state index contributed by atoms with van der Waals surface area (Å²) < 4.78 is 60.4. The molecule has 0 aliphatic rings. The average Bonchev–Trinajstić information content (AvgIpc) is 2.83. The number of halogens is 3. The van der Waals surface area contributed by atoms with Crippen LogP contribution in [0.2, 0.25) is 0 Å². The van der Waals surface area contributed by atoms with Crippen LogP contribution in [0.5, 0.6) is 11.5 Å². The van der Waals surface area contributed by atoms with Crippen molar-refractivity contribution in [2.45, 2.75) is 46.2 Å². The van der Waals surface area contributed by atoms with Crippen molar-refractivity contribution in [3.05, 3.63) is 82.0 Å². The Morgan fingerprint density at radius 1 is 0.806 bits per heavy atom. The van der Waals surface area contributed by atoms with Crippen molar-refractivity contribution in [3.8, 4) is 11.5 Å². The molecular weight excluding hydrogens is 469 g/mol. The number of methoxy groups -OCH3 is 2. The maximum atomic E-state index is 12.8. The summed E-state index contributed by atoms with van der Waals surface area (Å²) in [6, 6.07) is 8.72. The van der Waals surface area contributed by atoms with Crippen LogP contribution in [-0.4, -0.2) is 27.8 Å². The molecule has 7 heteroatoms. The predicted molar refractivity (Wildman–Crippen MR) is 138 cm³/mol. The lowest BCUT2D eigenvalue weighted by atomic mass is 10.0. The van der Waals surface area contributed by atoms with E-state index in [4.69, 9.17) is 18.9 Å². The minimum Gasteiger partial charge on any atom is -0.467 e. The summed E-state index contributed by atoms with van der Waals surface area (Å²) >= 11 is 0. The summed E-state index contributed by atoms with van der Waals surface area (Å²) in [5, 5.41) is 0. The Morgan fingerprint density at radius 2 is 1.36 bits per heavy atom. The fourth-order valence-electron chi connectivity index (χ4n) is 3.38. The van der Waals surface area contributed by atoms with Gasteiger partial charge in [0, 0.05) is 19.8 Å². The van der Waals surface area contributed by atoms with Crippen LogP contribution in [0, 0.1) is 0 Å². The average molecular weight is 505 g/mol. The Kier molecular flexibility index (Phi) is 11.8. The maximum absolute atomic E-state index is 12.8.